The van der Waals surface area contributed by atoms with Crippen molar-refractivity contribution >= 4 is 11.8 Å². The van der Waals surface area contributed by atoms with Crippen LogP contribution < -0.4 is 11.1 Å². The smallest absolute Gasteiger partial charge is 0.407 e. The van der Waals surface area contributed by atoms with Gasteiger partial charge in [0, 0.05) is 25.2 Å². The highest BCUT2D eigenvalue weighted by Gasteiger charge is 2.07. The Bertz CT molecular complexity index is 434. The minimum atomic E-state index is -0.813. The molecule has 0 aliphatic carbocycles. The van der Waals surface area contributed by atoms with Crippen LogP contribution in [-0.4, -0.2) is 35.3 Å². The van der Waals surface area contributed by atoms with Gasteiger partial charge in [-0.3, -0.25) is 10.1 Å². The van der Waals surface area contributed by atoms with Gasteiger partial charge in [0.15, 0.2) is 0 Å². The fraction of sp³-hybridized carbons (Fsp3) is 0.364. The van der Waals surface area contributed by atoms with Crippen molar-refractivity contribution in [1.29, 1.82) is 0 Å². The maximum Gasteiger partial charge on any atom is 0.407 e. The number of ether oxygens (including phenoxy) is 1. The van der Waals surface area contributed by atoms with Crippen molar-refractivity contribution in [2.24, 2.45) is 5.73 Å². The average Bonchev–Trinajstić information content (AvgIpc) is 2.42. The molecule has 0 aromatic heterocycles. The molecular weight excluding hydrogens is 254 g/mol. The lowest BCUT2D eigenvalue weighted by Gasteiger charge is -2.09. The van der Waals surface area contributed by atoms with Crippen molar-refractivity contribution in [3.05, 3.63) is 39.9 Å². The number of aliphatic hydroxyl groups excluding tert-OH is 1. The zero-order valence-corrected chi connectivity index (χ0v) is 10.1. The summed E-state index contributed by atoms with van der Waals surface area (Å²) in [7, 11) is 0. The first-order valence-electron chi connectivity index (χ1n) is 5.55. The van der Waals surface area contributed by atoms with E-state index in [0.29, 0.717) is 5.56 Å². The second kappa shape index (κ2) is 7.29. The quantitative estimate of drug-likeness (QED) is 0.498. The van der Waals surface area contributed by atoms with Crippen molar-refractivity contribution < 1.29 is 19.6 Å². The van der Waals surface area contributed by atoms with Crippen LogP contribution in [0, 0.1) is 10.1 Å². The number of hydrogen-bond acceptors (Lipinski definition) is 6. The molecule has 0 radical (unpaired) electrons. The zero-order chi connectivity index (χ0) is 14.3. The number of carbonyl (C=O) groups is 1. The predicted molar refractivity (Wildman–Crippen MR) is 66.3 cm³/mol. The van der Waals surface area contributed by atoms with Crippen molar-refractivity contribution in [1.82, 2.24) is 5.32 Å². The number of amides is 1. The number of nitro benzene ring substituents is 1. The topological polar surface area (TPSA) is 128 Å². The van der Waals surface area contributed by atoms with Gasteiger partial charge in [-0.2, -0.15) is 0 Å². The molecular formula is C11H15N3O5. The second-order valence-electron chi connectivity index (χ2n) is 3.77. The largest absolute Gasteiger partial charge is 0.445 e. The summed E-state index contributed by atoms with van der Waals surface area (Å²) in [6.07, 6.45) is -1.50. The normalized spacial score (nSPS) is 11.7. The molecule has 0 spiro atoms. The van der Waals surface area contributed by atoms with Gasteiger partial charge < -0.3 is 20.9 Å². The summed E-state index contributed by atoms with van der Waals surface area (Å²) < 4.78 is 4.85. The summed E-state index contributed by atoms with van der Waals surface area (Å²) in [6, 6.07) is 5.66. The Morgan fingerprint density at radius 1 is 1.47 bits per heavy atom. The molecule has 1 atom stereocenters. The molecule has 4 N–H and O–H groups in total. The number of benzene rings is 1. The predicted octanol–water partition coefficient (Wildman–Crippen LogP) is 0.141. The summed E-state index contributed by atoms with van der Waals surface area (Å²) in [5.74, 6) is 0. The van der Waals surface area contributed by atoms with Gasteiger partial charge in [-0.25, -0.2) is 4.79 Å². The highest BCUT2D eigenvalue weighted by Crippen LogP contribution is 2.12. The Morgan fingerprint density at radius 3 is 2.63 bits per heavy atom. The van der Waals surface area contributed by atoms with Crippen LogP contribution >= 0.6 is 0 Å². The molecule has 0 saturated carbocycles. The van der Waals surface area contributed by atoms with E-state index in [1.54, 1.807) is 0 Å². The highest BCUT2D eigenvalue weighted by atomic mass is 16.6. The van der Waals surface area contributed by atoms with E-state index in [0.717, 1.165) is 0 Å². The number of alkyl carbamates (subject to hydrolysis) is 1. The monoisotopic (exact) mass is 269 g/mol. The molecule has 0 saturated heterocycles. The molecule has 8 nitrogen and oxygen atoms in total. The summed E-state index contributed by atoms with van der Waals surface area (Å²) in [6.45, 7) is 0.0424. The number of aliphatic hydroxyl groups is 1. The van der Waals surface area contributed by atoms with Crippen LogP contribution in [-0.2, 0) is 11.3 Å². The summed E-state index contributed by atoms with van der Waals surface area (Å²) in [5.41, 5.74) is 5.76. The molecule has 1 rings (SSSR count). The number of nitrogens with zero attached hydrogens (tertiary/aromatic N) is 1. The summed E-state index contributed by atoms with van der Waals surface area (Å²) in [4.78, 5) is 21.1. The van der Waals surface area contributed by atoms with E-state index in [1.165, 1.54) is 24.3 Å². The lowest BCUT2D eigenvalue weighted by Crippen LogP contribution is -2.36. The maximum absolute atomic E-state index is 11.2. The number of nitrogens with one attached hydrogen (secondary N) is 1. The van der Waals surface area contributed by atoms with E-state index in [9.17, 15) is 14.9 Å². The first-order valence-corrected chi connectivity index (χ1v) is 5.55. The molecule has 0 aliphatic rings. The second-order valence-corrected chi connectivity index (χ2v) is 3.77. The molecule has 1 aromatic rings. The molecule has 104 valence electrons. The molecule has 0 bridgehead atoms. The number of hydrogen-bond donors (Lipinski definition) is 3. The third-order valence-corrected chi connectivity index (χ3v) is 2.27. The molecule has 1 aromatic carbocycles. The van der Waals surface area contributed by atoms with Crippen LogP contribution in [0.1, 0.15) is 5.56 Å². The third-order valence-electron chi connectivity index (χ3n) is 2.27. The van der Waals surface area contributed by atoms with Crippen LogP contribution in [0.25, 0.3) is 0 Å². The molecule has 0 aliphatic heterocycles. The van der Waals surface area contributed by atoms with Gasteiger partial charge in [-0.15, -0.1) is 0 Å². The minimum Gasteiger partial charge on any atom is -0.445 e. The lowest BCUT2D eigenvalue weighted by atomic mass is 10.2. The van der Waals surface area contributed by atoms with Gasteiger partial charge >= 0.3 is 6.09 Å². The van der Waals surface area contributed by atoms with Crippen molar-refractivity contribution in [2.75, 3.05) is 13.1 Å². The van der Waals surface area contributed by atoms with Crippen LogP contribution in [0.5, 0.6) is 0 Å². The molecule has 0 heterocycles. The average molecular weight is 269 g/mol. The third kappa shape index (κ3) is 5.32. The van der Waals surface area contributed by atoms with E-state index in [4.69, 9.17) is 15.6 Å². The van der Waals surface area contributed by atoms with E-state index >= 15 is 0 Å². The SMILES string of the molecule is NCC(O)CNC(=O)OCc1ccc([N+](=O)[O-])cc1. The highest BCUT2D eigenvalue weighted by molar-refractivity contribution is 5.67. The Labute approximate surface area is 109 Å². The van der Waals surface area contributed by atoms with Gasteiger partial charge in [0.2, 0.25) is 0 Å². The first kappa shape index (κ1) is 14.9. The first-order chi connectivity index (χ1) is 9.02. The standard InChI is InChI=1S/C11H15N3O5/c12-5-10(15)6-13-11(16)19-7-8-1-3-9(4-2-8)14(17)18/h1-4,10,15H,5-7,12H2,(H,13,16). The van der Waals surface area contributed by atoms with Gasteiger partial charge in [0.05, 0.1) is 11.0 Å². The molecule has 19 heavy (non-hydrogen) atoms. The Kier molecular flexibility index (Phi) is 5.71. The lowest BCUT2D eigenvalue weighted by molar-refractivity contribution is -0.384. The number of carbonyl (C=O) groups excluding carboxylic acids is 1. The van der Waals surface area contributed by atoms with Gasteiger partial charge in [-0.1, -0.05) is 0 Å². The van der Waals surface area contributed by atoms with Crippen LogP contribution in [0.4, 0.5) is 10.5 Å². The Morgan fingerprint density at radius 2 is 2.11 bits per heavy atom. The van der Waals surface area contributed by atoms with Gasteiger partial charge in [-0.05, 0) is 17.7 Å². The van der Waals surface area contributed by atoms with Crippen molar-refractivity contribution in [2.45, 2.75) is 12.7 Å². The Balaban J connectivity index is 2.35. The van der Waals surface area contributed by atoms with Gasteiger partial charge in [0.1, 0.15) is 6.61 Å². The Hall–Kier alpha value is -2.19. The molecule has 8 heteroatoms. The van der Waals surface area contributed by atoms with E-state index in [-0.39, 0.29) is 25.4 Å². The van der Waals surface area contributed by atoms with Crippen molar-refractivity contribution in [3.63, 3.8) is 0 Å². The number of nitrogens with two attached hydrogens (primary N) is 1. The molecule has 1 amide bonds. The number of non-ortho nitro benzene ring substituents is 1. The molecule has 0 fully saturated rings. The van der Waals surface area contributed by atoms with E-state index in [1.807, 2.05) is 0 Å². The van der Waals surface area contributed by atoms with Crippen LogP contribution in [0.3, 0.4) is 0 Å². The maximum atomic E-state index is 11.2. The van der Waals surface area contributed by atoms with Crippen molar-refractivity contribution in [3.8, 4) is 0 Å². The zero-order valence-electron chi connectivity index (χ0n) is 10.1. The van der Waals surface area contributed by atoms with E-state index < -0.39 is 17.1 Å². The van der Waals surface area contributed by atoms with Gasteiger partial charge in [0.25, 0.3) is 5.69 Å². The van der Waals surface area contributed by atoms with Crippen LogP contribution in [0.2, 0.25) is 0 Å². The van der Waals surface area contributed by atoms with E-state index in [2.05, 4.69) is 5.32 Å². The summed E-state index contributed by atoms with van der Waals surface area (Å²) >= 11 is 0. The fourth-order valence-electron chi connectivity index (χ4n) is 1.20. The number of nitro groups is 1. The number of rotatable bonds is 6. The summed E-state index contributed by atoms with van der Waals surface area (Å²) in [5, 5.41) is 21.9. The fourth-order valence-corrected chi connectivity index (χ4v) is 1.20. The van der Waals surface area contributed by atoms with Crippen LogP contribution in [0.15, 0.2) is 24.3 Å². The molecule has 1 unspecified atom stereocenters. The minimum absolute atomic E-state index is 0.00952.